The van der Waals surface area contributed by atoms with Crippen LogP contribution in [-0.4, -0.2) is 18.6 Å². The maximum absolute atomic E-state index is 5.75. The number of nitrogen functional groups attached to an aromatic ring is 1. The molecule has 0 spiro atoms. The van der Waals surface area contributed by atoms with E-state index in [0.29, 0.717) is 5.82 Å². The van der Waals surface area contributed by atoms with Gasteiger partial charge in [-0.1, -0.05) is 12.1 Å². The van der Waals surface area contributed by atoms with Crippen molar-refractivity contribution in [3.63, 3.8) is 0 Å². The van der Waals surface area contributed by atoms with Gasteiger partial charge in [0, 0.05) is 12.7 Å². The number of anilines is 2. The molecule has 0 amide bonds. The summed E-state index contributed by atoms with van der Waals surface area (Å²) >= 11 is 0. The van der Waals surface area contributed by atoms with E-state index < -0.39 is 0 Å². The van der Waals surface area contributed by atoms with Crippen LogP contribution in [0.4, 0.5) is 11.5 Å². The third-order valence-electron chi connectivity index (χ3n) is 2.70. The fraction of sp³-hybridized carbons (Fsp3) is 0.214. The van der Waals surface area contributed by atoms with Gasteiger partial charge in [0.15, 0.2) is 0 Å². The molecular weight excluding hydrogens is 226 g/mol. The molecule has 1 aromatic carbocycles. The average molecular weight is 243 g/mol. The highest BCUT2D eigenvalue weighted by molar-refractivity contribution is 5.60. The fourth-order valence-corrected chi connectivity index (χ4v) is 1.74. The molecule has 0 atom stereocenters. The van der Waals surface area contributed by atoms with Crippen LogP contribution in [-0.2, 0) is 6.42 Å². The minimum Gasteiger partial charge on any atom is -0.497 e. The molecule has 0 bridgehead atoms. The van der Waals surface area contributed by atoms with Crippen LogP contribution >= 0.6 is 0 Å². The van der Waals surface area contributed by atoms with Crippen molar-refractivity contribution in [2.75, 3.05) is 24.7 Å². The molecule has 0 fully saturated rings. The number of hydrogen-bond acceptors (Lipinski definition) is 4. The summed E-state index contributed by atoms with van der Waals surface area (Å²) in [5.74, 6) is 1.41. The normalized spacial score (nSPS) is 10.1. The van der Waals surface area contributed by atoms with Gasteiger partial charge in [-0.2, -0.15) is 0 Å². The van der Waals surface area contributed by atoms with E-state index in [-0.39, 0.29) is 0 Å². The molecule has 0 saturated heterocycles. The van der Waals surface area contributed by atoms with Crippen LogP contribution in [0.3, 0.4) is 0 Å². The first-order valence-electron chi connectivity index (χ1n) is 5.87. The second-order valence-corrected chi connectivity index (χ2v) is 3.96. The average Bonchev–Trinajstić information content (AvgIpc) is 2.41. The number of nitrogens with two attached hydrogens (primary N) is 1. The summed E-state index contributed by atoms with van der Waals surface area (Å²) in [6.45, 7) is 0.809. The quantitative estimate of drug-likeness (QED) is 0.846. The molecule has 0 aliphatic rings. The van der Waals surface area contributed by atoms with Gasteiger partial charge in [0.25, 0.3) is 0 Å². The van der Waals surface area contributed by atoms with Crippen molar-refractivity contribution in [2.24, 2.45) is 0 Å². The van der Waals surface area contributed by atoms with Crippen LogP contribution in [0.5, 0.6) is 5.75 Å². The number of ether oxygens (including phenoxy) is 1. The molecule has 0 aliphatic carbocycles. The molecule has 1 heterocycles. The van der Waals surface area contributed by atoms with Crippen LogP contribution in [0.25, 0.3) is 0 Å². The number of nitrogens with one attached hydrogen (secondary N) is 1. The Balaban J connectivity index is 1.90. The van der Waals surface area contributed by atoms with E-state index in [9.17, 15) is 0 Å². The van der Waals surface area contributed by atoms with Crippen molar-refractivity contribution < 1.29 is 4.74 Å². The maximum Gasteiger partial charge on any atom is 0.146 e. The summed E-state index contributed by atoms with van der Waals surface area (Å²) in [5, 5.41) is 3.27. The van der Waals surface area contributed by atoms with Gasteiger partial charge >= 0.3 is 0 Å². The van der Waals surface area contributed by atoms with Crippen molar-refractivity contribution in [1.82, 2.24) is 4.98 Å². The third-order valence-corrected chi connectivity index (χ3v) is 2.70. The highest BCUT2D eigenvalue weighted by atomic mass is 16.5. The summed E-state index contributed by atoms with van der Waals surface area (Å²) in [4.78, 5) is 4.03. The third kappa shape index (κ3) is 3.13. The number of benzene rings is 1. The Labute approximate surface area is 107 Å². The zero-order chi connectivity index (χ0) is 12.8. The predicted octanol–water partition coefficient (Wildman–Crippen LogP) is 2.33. The zero-order valence-corrected chi connectivity index (χ0v) is 10.4. The molecule has 0 saturated carbocycles. The van der Waals surface area contributed by atoms with Crippen LogP contribution < -0.4 is 15.8 Å². The topological polar surface area (TPSA) is 60.2 Å². The van der Waals surface area contributed by atoms with Crippen molar-refractivity contribution in [3.8, 4) is 5.75 Å². The second kappa shape index (κ2) is 5.91. The molecular formula is C14H17N3O. The highest BCUT2D eigenvalue weighted by Gasteiger charge is 1.99. The van der Waals surface area contributed by atoms with Crippen molar-refractivity contribution in [1.29, 1.82) is 0 Å². The lowest BCUT2D eigenvalue weighted by molar-refractivity contribution is 0.414. The lowest BCUT2D eigenvalue weighted by atomic mass is 10.1. The zero-order valence-electron chi connectivity index (χ0n) is 10.4. The van der Waals surface area contributed by atoms with E-state index in [4.69, 9.17) is 10.5 Å². The van der Waals surface area contributed by atoms with Gasteiger partial charge < -0.3 is 15.8 Å². The molecule has 18 heavy (non-hydrogen) atoms. The number of rotatable bonds is 5. The van der Waals surface area contributed by atoms with Gasteiger partial charge in [0.05, 0.1) is 12.8 Å². The summed E-state index contributed by atoms with van der Waals surface area (Å²) < 4.78 is 5.19. The molecule has 3 N–H and O–H groups in total. The Kier molecular flexibility index (Phi) is 4.02. The molecule has 4 heteroatoms. The number of aromatic nitrogens is 1. The Morgan fingerprint density at radius 1 is 1.28 bits per heavy atom. The van der Waals surface area contributed by atoms with Crippen molar-refractivity contribution >= 4 is 11.5 Å². The van der Waals surface area contributed by atoms with E-state index in [0.717, 1.165) is 24.4 Å². The Morgan fingerprint density at radius 3 is 2.94 bits per heavy atom. The minimum atomic E-state index is 0.531. The number of hydrogen-bond donors (Lipinski definition) is 2. The Morgan fingerprint density at radius 2 is 2.17 bits per heavy atom. The van der Waals surface area contributed by atoms with E-state index in [2.05, 4.69) is 16.4 Å². The molecule has 0 unspecified atom stereocenters. The summed E-state index contributed by atoms with van der Waals surface area (Å²) in [5.41, 5.74) is 7.85. The first kappa shape index (κ1) is 12.2. The van der Waals surface area contributed by atoms with E-state index in [1.54, 1.807) is 13.3 Å². The number of nitrogens with zero attached hydrogens (tertiary/aromatic N) is 1. The molecule has 4 nitrogen and oxygen atoms in total. The SMILES string of the molecule is COc1cccc(CCNc2cccnc2N)c1. The van der Waals surface area contributed by atoms with Gasteiger partial charge in [-0.15, -0.1) is 0 Å². The minimum absolute atomic E-state index is 0.531. The lowest BCUT2D eigenvalue weighted by Gasteiger charge is -2.08. The van der Waals surface area contributed by atoms with E-state index in [1.165, 1.54) is 5.56 Å². The lowest BCUT2D eigenvalue weighted by Crippen LogP contribution is -2.07. The second-order valence-electron chi connectivity index (χ2n) is 3.96. The van der Waals surface area contributed by atoms with Crippen LogP contribution in [0.2, 0.25) is 0 Å². The van der Waals surface area contributed by atoms with Crippen LogP contribution in [0, 0.1) is 0 Å². The Hall–Kier alpha value is -2.23. The first-order chi connectivity index (χ1) is 8.79. The van der Waals surface area contributed by atoms with Gasteiger partial charge in [-0.3, -0.25) is 0 Å². The molecule has 2 aromatic rings. The largest absolute Gasteiger partial charge is 0.497 e. The summed E-state index contributed by atoms with van der Waals surface area (Å²) in [6.07, 6.45) is 2.59. The standard InChI is InChI=1S/C14H17N3O/c1-18-12-5-2-4-11(10-12)7-9-16-13-6-3-8-17-14(13)15/h2-6,8,10,16H,7,9H2,1H3,(H2,15,17). The molecule has 0 radical (unpaired) electrons. The van der Waals surface area contributed by atoms with E-state index in [1.807, 2.05) is 30.3 Å². The summed E-state index contributed by atoms with van der Waals surface area (Å²) in [6, 6.07) is 11.8. The first-order valence-corrected chi connectivity index (χ1v) is 5.87. The van der Waals surface area contributed by atoms with Gasteiger partial charge in [-0.25, -0.2) is 4.98 Å². The molecule has 1 aromatic heterocycles. The predicted molar refractivity (Wildman–Crippen MR) is 73.8 cm³/mol. The monoisotopic (exact) mass is 243 g/mol. The van der Waals surface area contributed by atoms with Gasteiger partial charge in [0.1, 0.15) is 11.6 Å². The maximum atomic E-state index is 5.75. The van der Waals surface area contributed by atoms with Gasteiger partial charge in [0.2, 0.25) is 0 Å². The van der Waals surface area contributed by atoms with Crippen molar-refractivity contribution in [2.45, 2.75) is 6.42 Å². The number of methoxy groups -OCH3 is 1. The highest BCUT2D eigenvalue weighted by Crippen LogP contribution is 2.15. The smallest absolute Gasteiger partial charge is 0.146 e. The molecule has 2 rings (SSSR count). The fourth-order valence-electron chi connectivity index (χ4n) is 1.74. The number of pyridine rings is 1. The van der Waals surface area contributed by atoms with Gasteiger partial charge in [-0.05, 0) is 36.2 Å². The molecule has 0 aliphatic heterocycles. The van der Waals surface area contributed by atoms with Crippen LogP contribution in [0.1, 0.15) is 5.56 Å². The van der Waals surface area contributed by atoms with Crippen molar-refractivity contribution in [3.05, 3.63) is 48.2 Å². The van der Waals surface area contributed by atoms with Crippen LogP contribution in [0.15, 0.2) is 42.6 Å². The Bertz CT molecular complexity index is 514. The molecule has 94 valence electrons. The summed E-state index contributed by atoms with van der Waals surface area (Å²) in [7, 11) is 1.67. The van der Waals surface area contributed by atoms with E-state index >= 15 is 0 Å².